The molecule has 0 bridgehead atoms. The SMILES string of the molecule is CN(C(=O)Oc1c(/C(C=N)=C/Nc2ccco2)cc(C(F)(F)F)cc1C(F)(F)F)c1ccc(F)cc1. The molecule has 190 valence electrons. The maximum atomic E-state index is 13.9. The van der Waals surface area contributed by atoms with Crippen LogP contribution in [0.15, 0.2) is 65.4 Å². The number of furan rings is 1. The van der Waals surface area contributed by atoms with E-state index in [9.17, 15) is 35.5 Å². The van der Waals surface area contributed by atoms with Crippen LogP contribution in [0.1, 0.15) is 16.7 Å². The number of amides is 1. The second-order valence-electron chi connectivity index (χ2n) is 7.17. The third kappa shape index (κ3) is 6.03. The molecule has 1 aromatic heterocycles. The fourth-order valence-electron chi connectivity index (χ4n) is 2.96. The zero-order valence-corrected chi connectivity index (χ0v) is 18.2. The Bertz CT molecular complexity index is 1270. The molecule has 6 nitrogen and oxygen atoms in total. The van der Waals surface area contributed by atoms with Gasteiger partial charge >= 0.3 is 18.4 Å². The van der Waals surface area contributed by atoms with Gasteiger partial charge in [-0.15, -0.1) is 0 Å². The molecule has 1 heterocycles. The average molecular weight is 515 g/mol. The van der Waals surface area contributed by atoms with E-state index in [4.69, 9.17) is 14.6 Å². The molecule has 0 fully saturated rings. The number of anilines is 2. The molecule has 0 aliphatic carbocycles. The quantitative estimate of drug-likeness (QED) is 0.269. The van der Waals surface area contributed by atoms with Gasteiger partial charge in [0.15, 0.2) is 11.6 Å². The molecule has 0 unspecified atom stereocenters. The summed E-state index contributed by atoms with van der Waals surface area (Å²) in [5.74, 6) is -1.83. The molecule has 36 heavy (non-hydrogen) atoms. The first-order valence-corrected chi connectivity index (χ1v) is 9.86. The Balaban J connectivity index is 2.16. The van der Waals surface area contributed by atoms with E-state index in [-0.39, 0.29) is 17.6 Å². The summed E-state index contributed by atoms with van der Waals surface area (Å²) >= 11 is 0. The van der Waals surface area contributed by atoms with Crippen LogP contribution >= 0.6 is 0 Å². The topological polar surface area (TPSA) is 78.6 Å². The largest absolute Gasteiger partial charge is 0.449 e. The molecular weight excluding hydrogens is 499 g/mol. The van der Waals surface area contributed by atoms with E-state index < -0.39 is 52.3 Å². The lowest BCUT2D eigenvalue weighted by Crippen LogP contribution is -2.30. The van der Waals surface area contributed by atoms with Crippen LogP contribution < -0.4 is 15.0 Å². The number of hydrogen-bond donors (Lipinski definition) is 2. The normalized spacial score (nSPS) is 12.3. The van der Waals surface area contributed by atoms with Gasteiger partial charge in [0.1, 0.15) is 5.82 Å². The van der Waals surface area contributed by atoms with Crippen LogP contribution in [0.25, 0.3) is 5.57 Å². The Morgan fingerprint density at radius 2 is 1.72 bits per heavy atom. The zero-order chi connectivity index (χ0) is 26.7. The Morgan fingerprint density at radius 1 is 1.06 bits per heavy atom. The molecular formula is C23H16F7N3O3. The van der Waals surface area contributed by atoms with E-state index in [1.807, 2.05) is 0 Å². The number of carbonyl (C=O) groups is 1. The maximum Gasteiger partial charge on any atom is 0.420 e. The number of halogens is 7. The van der Waals surface area contributed by atoms with Crippen LogP contribution in [0.4, 0.5) is 47.1 Å². The van der Waals surface area contributed by atoms with Crippen LogP contribution in [0.5, 0.6) is 5.75 Å². The number of nitrogens with zero attached hydrogens (tertiary/aromatic N) is 1. The number of rotatable bonds is 6. The van der Waals surface area contributed by atoms with Gasteiger partial charge in [-0.25, -0.2) is 9.18 Å². The summed E-state index contributed by atoms with van der Waals surface area (Å²) in [5.41, 5.74) is -4.87. The molecule has 2 N–H and O–H groups in total. The highest BCUT2D eigenvalue weighted by Crippen LogP contribution is 2.44. The van der Waals surface area contributed by atoms with Crippen LogP contribution in [0.3, 0.4) is 0 Å². The Hall–Kier alpha value is -4.29. The van der Waals surface area contributed by atoms with Gasteiger partial charge in [0.25, 0.3) is 0 Å². The molecule has 0 radical (unpaired) electrons. The number of benzene rings is 2. The molecule has 0 spiro atoms. The van der Waals surface area contributed by atoms with E-state index in [1.54, 1.807) is 0 Å². The fraction of sp³-hybridized carbons (Fsp3) is 0.130. The van der Waals surface area contributed by atoms with E-state index in [2.05, 4.69) is 5.32 Å². The van der Waals surface area contributed by atoms with Gasteiger partial charge in [0.2, 0.25) is 0 Å². The molecule has 3 rings (SSSR count). The highest BCUT2D eigenvalue weighted by Gasteiger charge is 2.41. The molecule has 2 aromatic carbocycles. The standard InChI is InChI=1S/C23H16F7N3O3/c1-33(16-6-4-15(24)5-7-16)21(34)36-20-17(13(11-31)12-32-19-3-2-8-35-19)9-14(22(25,26)27)10-18(20)23(28,29)30/h2-12,31-32H,1H3/b13-12+,31-11?. The van der Waals surface area contributed by atoms with Gasteiger partial charge in [-0.3, -0.25) is 4.90 Å². The monoisotopic (exact) mass is 515 g/mol. The smallest absolute Gasteiger partial charge is 0.420 e. The van der Waals surface area contributed by atoms with E-state index in [1.165, 1.54) is 18.4 Å². The maximum absolute atomic E-state index is 13.9. The van der Waals surface area contributed by atoms with Gasteiger partial charge < -0.3 is 19.9 Å². The van der Waals surface area contributed by atoms with Crippen molar-refractivity contribution in [1.82, 2.24) is 0 Å². The second-order valence-corrected chi connectivity index (χ2v) is 7.17. The summed E-state index contributed by atoms with van der Waals surface area (Å²) in [6.07, 6.45) is -9.32. The fourth-order valence-corrected chi connectivity index (χ4v) is 2.96. The van der Waals surface area contributed by atoms with Crippen molar-refractivity contribution in [3.05, 3.63) is 83.5 Å². The molecule has 0 aliphatic heterocycles. The summed E-state index contributed by atoms with van der Waals surface area (Å²) < 4.78 is 105. The van der Waals surface area contributed by atoms with Crippen molar-refractivity contribution in [2.24, 2.45) is 0 Å². The average Bonchev–Trinajstić information content (AvgIpc) is 3.32. The summed E-state index contributed by atoms with van der Waals surface area (Å²) in [4.78, 5) is 13.4. The third-order valence-corrected chi connectivity index (χ3v) is 4.76. The zero-order valence-electron chi connectivity index (χ0n) is 18.2. The first kappa shape index (κ1) is 26.3. The van der Waals surface area contributed by atoms with Crippen molar-refractivity contribution in [2.45, 2.75) is 12.4 Å². The second kappa shape index (κ2) is 10.1. The Kier molecular flexibility index (Phi) is 7.41. The van der Waals surface area contributed by atoms with E-state index in [0.29, 0.717) is 12.3 Å². The van der Waals surface area contributed by atoms with Crippen molar-refractivity contribution >= 4 is 29.5 Å². The minimum Gasteiger partial charge on any atom is -0.449 e. The van der Waals surface area contributed by atoms with Crippen molar-refractivity contribution in [3.63, 3.8) is 0 Å². The van der Waals surface area contributed by atoms with Crippen molar-refractivity contribution in [1.29, 1.82) is 5.41 Å². The summed E-state index contributed by atoms with van der Waals surface area (Å²) in [7, 11) is 1.11. The van der Waals surface area contributed by atoms with Gasteiger partial charge in [0.05, 0.1) is 17.4 Å². The lowest BCUT2D eigenvalue weighted by Gasteiger charge is -2.22. The first-order valence-electron chi connectivity index (χ1n) is 9.86. The van der Waals surface area contributed by atoms with Gasteiger partial charge in [-0.05, 0) is 42.5 Å². The predicted octanol–water partition coefficient (Wildman–Crippen LogP) is 7.19. The molecule has 0 atom stereocenters. The number of hydrogen-bond acceptors (Lipinski definition) is 5. The van der Waals surface area contributed by atoms with E-state index >= 15 is 0 Å². The number of nitrogens with one attached hydrogen (secondary N) is 2. The highest BCUT2D eigenvalue weighted by atomic mass is 19.4. The van der Waals surface area contributed by atoms with Crippen LogP contribution in [-0.4, -0.2) is 19.4 Å². The summed E-state index contributed by atoms with van der Waals surface area (Å²) in [6.45, 7) is 0. The molecule has 0 saturated heterocycles. The lowest BCUT2D eigenvalue weighted by atomic mass is 9.98. The van der Waals surface area contributed by atoms with Crippen LogP contribution in [0.2, 0.25) is 0 Å². The molecule has 1 amide bonds. The van der Waals surface area contributed by atoms with Gasteiger partial charge in [-0.2, -0.15) is 26.3 Å². The van der Waals surface area contributed by atoms with Crippen LogP contribution in [0, 0.1) is 11.2 Å². The van der Waals surface area contributed by atoms with Crippen molar-refractivity contribution in [2.75, 3.05) is 17.3 Å². The molecule has 3 aromatic rings. The third-order valence-electron chi connectivity index (χ3n) is 4.76. The van der Waals surface area contributed by atoms with Crippen LogP contribution in [-0.2, 0) is 12.4 Å². The molecule has 0 saturated carbocycles. The number of alkyl halides is 6. The first-order chi connectivity index (χ1) is 16.8. The van der Waals surface area contributed by atoms with Crippen molar-refractivity contribution in [3.8, 4) is 5.75 Å². The number of carbonyl (C=O) groups excluding carboxylic acids is 1. The minimum atomic E-state index is -5.37. The molecule has 0 aliphatic rings. The summed E-state index contributed by atoms with van der Waals surface area (Å²) in [5, 5.41) is 10.1. The minimum absolute atomic E-state index is 0.0331. The van der Waals surface area contributed by atoms with Crippen molar-refractivity contribution < 1.29 is 44.7 Å². The van der Waals surface area contributed by atoms with Gasteiger partial charge in [0, 0.05) is 42.4 Å². The Morgan fingerprint density at radius 3 is 2.25 bits per heavy atom. The predicted molar refractivity (Wildman–Crippen MR) is 116 cm³/mol. The number of ether oxygens (including phenoxy) is 1. The highest BCUT2D eigenvalue weighted by molar-refractivity contribution is 6.10. The number of allylic oxidation sites excluding steroid dienone is 1. The molecule has 13 heteroatoms. The van der Waals surface area contributed by atoms with Gasteiger partial charge in [-0.1, -0.05) is 0 Å². The van der Waals surface area contributed by atoms with E-state index in [0.717, 1.165) is 42.4 Å². The lowest BCUT2D eigenvalue weighted by molar-refractivity contribution is -0.143. The Labute approximate surface area is 199 Å². The summed E-state index contributed by atoms with van der Waals surface area (Å²) in [6, 6.07) is 7.27.